The van der Waals surface area contributed by atoms with Crippen LogP contribution >= 0.6 is 23.2 Å². The van der Waals surface area contributed by atoms with Crippen molar-refractivity contribution in [3.63, 3.8) is 0 Å². The van der Waals surface area contributed by atoms with Gasteiger partial charge in [0, 0.05) is 19.7 Å². The summed E-state index contributed by atoms with van der Waals surface area (Å²) < 4.78 is 0. The van der Waals surface area contributed by atoms with Crippen LogP contribution in [0.1, 0.15) is 12.0 Å². The molecule has 0 unspecified atom stereocenters. The molecule has 0 aliphatic carbocycles. The number of hydrogen-bond donors (Lipinski definition) is 1. The molecule has 0 spiro atoms. The number of halogens is 2. The fraction of sp³-hybridized carbons (Fsp3) is 0.385. The van der Waals surface area contributed by atoms with E-state index < -0.39 is 0 Å². The normalized spacial score (nSPS) is 10.5. The van der Waals surface area contributed by atoms with Crippen LogP contribution in [0.4, 0.5) is 0 Å². The summed E-state index contributed by atoms with van der Waals surface area (Å²) >= 11 is 11.8. The Labute approximate surface area is 112 Å². The smallest absolute Gasteiger partial charge is 0.0601 e. The zero-order chi connectivity index (χ0) is 12.7. The molecule has 17 heavy (non-hydrogen) atoms. The Morgan fingerprint density at radius 2 is 2.06 bits per heavy atom. The third kappa shape index (κ3) is 4.97. The lowest BCUT2D eigenvalue weighted by atomic mass is 10.2. The number of nitrogens with zero attached hydrogens (tertiary/aromatic N) is 1. The van der Waals surface area contributed by atoms with Crippen LogP contribution in [0.3, 0.4) is 0 Å². The lowest BCUT2D eigenvalue weighted by Gasteiger charge is -2.19. The fourth-order valence-electron chi connectivity index (χ4n) is 1.53. The maximum atomic E-state index is 8.81. The highest BCUT2D eigenvalue weighted by Gasteiger charge is 2.06. The SMILES string of the molecule is C#CCN(CCCO)Cc1ccc(Cl)c(Cl)c1. The van der Waals surface area contributed by atoms with Crippen LogP contribution in [0.5, 0.6) is 0 Å². The third-order valence-electron chi connectivity index (χ3n) is 2.34. The van der Waals surface area contributed by atoms with Gasteiger partial charge in [0.2, 0.25) is 0 Å². The van der Waals surface area contributed by atoms with E-state index in [0.29, 0.717) is 29.6 Å². The molecule has 0 saturated carbocycles. The molecule has 0 atom stereocenters. The Balaban J connectivity index is 2.65. The molecule has 1 aromatic carbocycles. The van der Waals surface area contributed by atoms with Gasteiger partial charge in [-0.2, -0.15) is 0 Å². The lowest BCUT2D eigenvalue weighted by Crippen LogP contribution is -2.25. The van der Waals surface area contributed by atoms with Crippen LogP contribution in [0, 0.1) is 12.3 Å². The summed E-state index contributed by atoms with van der Waals surface area (Å²) in [4.78, 5) is 2.08. The van der Waals surface area contributed by atoms with Crippen LogP contribution < -0.4 is 0 Å². The molecule has 0 bridgehead atoms. The summed E-state index contributed by atoms with van der Waals surface area (Å²) in [6.45, 7) is 2.20. The van der Waals surface area contributed by atoms with E-state index in [1.165, 1.54) is 0 Å². The molecular formula is C13H15Cl2NO. The van der Waals surface area contributed by atoms with Gasteiger partial charge >= 0.3 is 0 Å². The Hall–Kier alpha value is -0.720. The summed E-state index contributed by atoms with van der Waals surface area (Å²) in [5.74, 6) is 2.61. The highest BCUT2D eigenvalue weighted by Crippen LogP contribution is 2.23. The number of terminal acetylenes is 1. The molecule has 0 radical (unpaired) electrons. The third-order valence-corrected chi connectivity index (χ3v) is 3.08. The van der Waals surface area contributed by atoms with E-state index in [2.05, 4.69) is 10.8 Å². The predicted octanol–water partition coefficient (Wildman–Crippen LogP) is 2.81. The maximum Gasteiger partial charge on any atom is 0.0601 e. The van der Waals surface area contributed by atoms with Gasteiger partial charge < -0.3 is 5.11 Å². The van der Waals surface area contributed by atoms with Gasteiger partial charge in [0.05, 0.1) is 16.6 Å². The zero-order valence-corrected chi connectivity index (χ0v) is 11.0. The van der Waals surface area contributed by atoms with E-state index in [1.54, 1.807) is 6.07 Å². The van der Waals surface area contributed by atoms with E-state index >= 15 is 0 Å². The summed E-state index contributed by atoms with van der Waals surface area (Å²) in [6, 6.07) is 5.54. The minimum atomic E-state index is 0.169. The average Bonchev–Trinajstić information content (AvgIpc) is 2.31. The summed E-state index contributed by atoms with van der Waals surface area (Å²) in [6.07, 6.45) is 6.02. The van der Waals surface area contributed by atoms with Gasteiger partial charge in [0.1, 0.15) is 0 Å². The Kier molecular flexibility index (Phi) is 6.39. The first-order valence-electron chi connectivity index (χ1n) is 5.38. The number of aliphatic hydroxyl groups excluding tert-OH is 1. The largest absolute Gasteiger partial charge is 0.396 e. The first-order chi connectivity index (χ1) is 8.17. The van der Waals surface area contributed by atoms with Crippen LogP contribution in [0.2, 0.25) is 10.0 Å². The Bertz CT molecular complexity index is 401. The quantitative estimate of drug-likeness (QED) is 0.805. The molecule has 2 nitrogen and oxygen atoms in total. The van der Waals surface area contributed by atoms with Crippen molar-refractivity contribution >= 4 is 23.2 Å². The van der Waals surface area contributed by atoms with Crippen molar-refractivity contribution in [1.29, 1.82) is 0 Å². The molecule has 0 saturated heterocycles. The summed E-state index contributed by atoms with van der Waals surface area (Å²) in [5.41, 5.74) is 1.06. The standard InChI is InChI=1S/C13H15Cl2NO/c1-2-6-16(7-3-8-17)10-11-4-5-12(14)13(15)9-11/h1,4-5,9,17H,3,6-8,10H2. The van der Waals surface area contributed by atoms with Crippen molar-refractivity contribution in [2.75, 3.05) is 19.7 Å². The van der Waals surface area contributed by atoms with E-state index in [0.717, 1.165) is 12.1 Å². The number of benzene rings is 1. The number of rotatable bonds is 6. The summed E-state index contributed by atoms with van der Waals surface area (Å²) in [5, 5.41) is 9.91. The molecule has 0 heterocycles. The minimum absolute atomic E-state index is 0.169. The van der Waals surface area contributed by atoms with Gasteiger partial charge in [-0.05, 0) is 24.1 Å². The molecule has 0 aliphatic rings. The second-order valence-corrected chi connectivity index (χ2v) is 4.55. The van der Waals surface area contributed by atoms with Gasteiger partial charge in [-0.15, -0.1) is 6.42 Å². The van der Waals surface area contributed by atoms with Gasteiger partial charge in [-0.1, -0.05) is 35.2 Å². The van der Waals surface area contributed by atoms with Crippen molar-refractivity contribution in [2.24, 2.45) is 0 Å². The molecule has 0 aliphatic heterocycles. The van der Waals surface area contributed by atoms with Crippen LogP contribution in [-0.4, -0.2) is 29.7 Å². The molecule has 1 aromatic rings. The zero-order valence-electron chi connectivity index (χ0n) is 9.50. The molecule has 0 aromatic heterocycles. The Morgan fingerprint density at radius 1 is 1.29 bits per heavy atom. The van der Waals surface area contributed by atoms with E-state index in [9.17, 15) is 0 Å². The first-order valence-corrected chi connectivity index (χ1v) is 6.13. The fourth-order valence-corrected chi connectivity index (χ4v) is 1.85. The predicted molar refractivity (Wildman–Crippen MR) is 72.3 cm³/mol. The van der Waals surface area contributed by atoms with Crippen molar-refractivity contribution in [3.05, 3.63) is 33.8 Å². The number of aliphatic hydroxyl groups is 1. The molecule has 1 N–H and O–H groups in total. The van der Waals surface area contributed by atoms with Crippen LogP contribution in [-0.2, 0) is 6.54 Å². The maximum absolute atomic E-state index is 8.81. The first kappa shape index (κ1) is 14.3. The highest BCUT2D eigenvalue weighted by molar-refractivity contribution is 6.42. The van der Waals surface area contributed by atoms with Crippen molar-refractivity contribution in [1.82, 2.24) is 4.90 Å². The number of hydrogen-bond acceptors (Lipinski definition) is 2. The average molecular weight is 272 g/mol. The Morgan fingerprint density at radius 3 is 2.65 bits per heavy atom. The molecule has 0 fully saturated rings. The molecule has 0 amide bonds. The monoisotopic (exact) mass is 271 g/mol. The molecule has 1 rings (SSSR count). The van der Waals surface area contributed by atoms with Gasteiger partial charge in [-0.3, -0.25) is 4.90 Å². The molecule has 4 heteroatoms. The topological polar surface area (TPSA) is 23.5 Å². The van der Waals surface area contributed by atoms with Crippen molar-refractivity contribution in [3.8, 4) is 12.3 Å². The van der Waals surface area contributed by atoms with E-state index in [1.807, 2.05) is 12.1 Å². The van der Waals surface area contributed by atoms with Gasteiger partial charge in [-0.25, -0.2) is 0 Å². The lowest BCUT2D eigenvalue weighted by molar-refractivity contribution is 0.234. The highest BCUT2D eigenvalue weighted by atomic mass is 35.5. The van der Waals surface area contributed by atoms with Gasteiger partial charge in [0.25, 0.3) is 0 Å². The van der Waals surface area contributed by atoms with Crippen molar-refractivity contribution in [2.45, 2.75) is 13.0 Å². The van der Waals surface area contributed by atoms with Gasteiger partial charge in [0.15, 0.2) is 0 Å². The van der Waals surface area contributed by atoms with Crippen molar-refractivity contribution < 1.29 is 5.11 Å². The van der Waals surface area contributed by atoms with Crippen LogP contribution in [0.15, 0.2) is 18.2 Å². The summed E-state index contributed by atoms with van der Waals surface area (Å²) in [7, 11) is 0. The minimum Gasteiger partial charge on any atom is -0.396 e. The van der Waals surface area contributed by atoms with Crippen LogP contribution in [0.25, 0.3) is 0 Å². The van der Waals surface area contributed by atoms with E-state index in [4.69, 9.17) is 34.7 Å². The van der Waals surface area contributed by atoms with E-state index in [-0.39, 0.29) is 6.61 Å². The second kappa shape index (κ2) is 7.58. The molecule has 92 valence electrons. The second-order valence-electron chi connectivity index (χ2n) is 3.74. The molecular weight excluding hydrogens is 257 g/mol.